The summed E-state index contributed by atoms with van der Waals surface area (Å²) in [5.41, 5.74) is 9.84. The minimum Gasteiger partial charge on any atom is -0.480 e. The fourth-order valence-electron chi connectivity index (χ4n) is 2.61. The molecule has 1 atom stereocenters. The third-order valence-corrected chi connectivity index (χ3v) is 3.55. The molecular formula is C13H20ClNO2. The van der Waals surface area contributed by atoms with Gasteiger partial charge in [-0.2, -0.15) is 0 Å². The highest BCUT2D eigenvalue weighted by molar-refractivity contribution is 5.85. The van der Waals surface area contributed by atoms with Crippen molar-refractivity contribution in [1.82, 2.24) is 0 Å². The number of carboxylic acids is 1. The molecule has 0 saturated heterocycles. The first-order chi connectivity index (χ1) is 7.66. The first-order valence-electron chi connectivity index (χ1n) is 6.05. The van der Waals surface area contributed by atoms with E-state index in [0.717, 1.165) is 12.8 Å². The lowest BCUT2D eigenvalue weighted by molar-refractivity contribution is -0.138. The van der Waals surface area contributed by atoms with E-state index in [2.05, 4.69) is 6.08 Å². The Kier molecular flexibility index (Phi) is 5.22. The highest BCUT2D eigenvalue weighted by Crippen LogP contribution is 2.35. The number of carbonyl (C=O) groups is 1. The highest BCUT2D eigenvalue weighted by Gasteiger charge is 2.19. The molecule has 96 valence electrons. The smallest absolute Gasteiger partial charge is 0.320 e. The van der Waals surface area contributed by atoms with E-state index in [1.54, 1.807) is 5.57 Å². The SMILES string of the molecule is Cl.NC(CC1=CC2=C(CCCC2)CC1)C(=O)O. The van der Waals surface area contributed by atoms with Gasteiger partial charge in [0.05, 0.1) is 0 Å². The van der Waals surface area contributed by atoms with E-state index in [4.69, 9.17) is 10.8 Å². The Labute approximate surface area is 108 Å². The van der Waals surface area contributed by atoms with Crippen molar-refractivity contribution in [3.05, 3.63) is 22.8 Å². The van der Waals surface area contributed by atoms with Gasteiger partial charge in [0.15, 0.2) is 0 Å². The maximum atomic E-state index is 10.7. The van der Waals surface area contributed by atoms with E-state index >= 15 is 0 Å². The number of halogens is 1. The first-order valence-corrected chi connectivity index (χ1v) is 6.05. The van der Waals surface area contributed by atoms with E-state index in [0.29, 0.717) is 6.42 Å². The molecule has 0 heterocycles. The second-order valence-corrected chi connectivity index (χ2v) is 4.79. The van der Waals surface area contributed by atoms with Crippen molar-refractivity contribution in [1.29, 1.82) is 0 Å². The largest absolute Gasteiger partial charge is 0.480 e. The lowest BCUT2D eigenvalue weighted by Gasteiger charge is -2.24. The van der Waals surface area contributed by atoms with E-state index in [1.165, 1.54) is 36.8 Å². The molecule has 2 aliphatic rings. The molecule has 0 aliphatic heterocycles. The highest BCUT2D eigenvalue weighted by atomic mass is 35.5. The molecule has 3 nitrogen and oxygen atoms in total. The maximum absolute atomic E-state index is 10.7. The zero-order valence-electron chi connectivity index (χ0n) is 9.95. The summed E-state index contributed by atoms with van der Waals surface area (Å²) in [5.74, 6) is -0.899. The molecule has 0 aromatic rings. The zero-order valence-corrected chi connectivity index (χ0v) is 10.8. The zero-order chi connectivity index (χ0) is 11.5. The molecule has 4 heteroatoms. The first kappa shape index (κ1) is 14.3. The molecule has 2 aliphatic carbocycles. The van der Waals surface area contributed by atoms with Gasteiger partial charge in [-0.25, -0.2) is 0 Å². The standard InChI is InChI=1S/C13H19NO2.ClH/c14-12(13(15)16)8-9-5-6-10-3-1-2-4-11(10)7-9;/h7,12H,1-6,8,14H2,(H,15,16);1H. The number of hydrogen-bond donors (Lipinski definition) is 2. The Bertz CT molecular complexity index is 360. The van der Waals surface area contributed by atoms with Gasteiger partial charge in [-0.15, -0.1) is 12.4 Å². The Morgan fingerprint density at radius 2 is 2.00 bits per heavy atom. The fraction of sp³-hybridized carbons (Fsp3) is 0.615. The molecule has 0 fully saturated rings. The lowest BCUT2D eigenvalue weighted by atomic mass is 9.82. The number of allylic oxidation sites excluding steroid dienone is 3. The molecule has 0 spiro atoms. The van der Waals surface area contributed by atoms with E-state index < -0.39 is 12.0 Å². The van der Waals surface area contributed by atoms with Crippen LogP contribution in [0.2, 0.25) is 0 Å². The van der Waals surface area contributed by atoms with E-state index in [-0.39, 0.29) is 12.4 Å². The van der Waals surface area contributed by atoms with Crippen LogP contribution in [0, 0.1) is 0 Å². The molecule has 0 saturated carbocycles. The van der Waals surface area contributed by atoms with Crippen molar-refractivity contribution in [3.8, 4) is 0 Å². The van der Waals surface area contributed by atoms with Gasteiger partial charge in [-0.1, -0.05) is 17.2 Å². The van der Waals surface area contributed by atoms with Gasteiger partial charge in [-0.05, 0) is 50.5 Å². The van der Waals surface area contributed by atoms with Crippen LogP contribution in [0.4, 0.5) is 0 Å². The van der Waals surface area contributed by atoms with Crippen LogP contribution in [0.1, 0.15) is 44.9 Å². The molecule has 3 N–H and O–H groups in total. The van der Waals surface area contributed by atoms with Gasteiger partial charge in [-0.3, -0.25) is 4.79 Å². The summed E-state index contributed by atoms with van der Waals surface area (Å²) in [6.45, 7) is 0. The summed E-state index contributed by atoms with van der Waals surface area (Å²) in [6.07, 6.45) is 9.83. The molecule has 0 aromatic carbocycles. The molecule has 0 bridgehead atoms. The summed E-state index contributed by atoms with van der Waals surface area (Å²) < 4.78 is 0. The average Bonchev–Trinajstić information content (AvgIpc) is 2.28. The van der Waals surface area contributed by atoms with Crippen molar-refractivity contribution >= 4 is 18.4 Å². The van der Waals surface area contributed by atoms with Crippen molar-refractivity contribution in [2.75, 3.05) is 0 Å². The Balaban J connectivity index is 0.00000144. The summed E-state index contributed by atoms with van der Waals surface area (Å²) in [6, 6.07) is -0.739. The van der Waals surface area contributed by atoms with Gasteiger partial charge < -0.3 is 10.8 Å². The molecule has 0 radical (unpaired) electrons. The van der Waals surface area contributed by atoms with Crippen LogP contribution in [0.5, 0.6) is 0 Å². The van der Waals surface area contributed by atoms with Crippen LogP contribution < -0.4 is 5.73 Å². The lowest BCUT2D eigenvalue weighted by Crippen LogP contribution is -2.30. The van der Waals surface area contributed by atoms with Crippen molar-refractivity contribution < 1.29 is 9.90 Å². The quantitative estimate of drug-likeness (QED) is 0.817. The predicted molar refractivity (Wildman–Crippen MR) is 70.3 cm³/mol. The molecule has 0 amide bonds. The Hall–Kier alpha value is -0.800. The molecule has 2 rings (SSSR count). The molecular weight excluding hydrogens is 238 g/mol. The monoisotopic (exact) mass is 257 g/mol. The van der Waals surface area contributed by atoms with E-state index in [9.17, 15) is 4.79 Å². The normalized spacial score (nSPS) is 21.1. The second-order valence-electron chi connectivity index (χ2n) is 4.79. The summed E-state index contributed by atoms with van der Waals surface area (Å²) in [7, 11) is 0. The molecule has 1 unspecified atom stereocenters. The predicted octanol–water partition coefficient (Wildman–Crippen LogP) is 2.80. The van der Waals surface area contributed by atoms with E-state index in [1.807, 2.05) is 0 Å². The Morgan fingerprint density at radius 1 is 1.29 bits per heavy atom. The van der Waals surface area contributed by atoms with Crippen molar-refractivity contribution in [3.63, 3.8) is 0 Å². The van der Waals surface area contributed by atoms with Crippen LogP contribution in [0.25, 0.3) is 0 Å². The van der Waals surface area contributed by atoms with Crippen molar-refractivity contribution in [2.24, 2.45) is 5.73 Å². The van der Waals surface area contributed by atoms with Gasteiger partial charge in [0.2, 0.25) is 0 Å². The third kappa shape index (κ3) is 3.58. The minimum absolute atomic E-state index is 0. The minimum atomic E-state index is -0.899. The summed E-state index contributed by atoms with van der Waals surface area (Å²) in [5, 5.41) is 8.78. The number of carboxylic acid groups (broad SMARTS) is 1. The summed E-state index contributed by atoms with van der Waals surface area (Å²) in [4.78, 5) is 10.7. The average molecular weight is 258 g/mol. The van der Waals surface area contributed by atoms with Crippen LogP contribution in [0.15, 0.2) is 22.8 Å². The number of aliphatic carboxylic acids is 1. The summed E-state index contributed by atoms with van der Waals surface area (Å²) >= 11 is 0. The van der Waals surface area contributed by atoms with Crippen LogP contribution in [-0.4, -0.2) is 17.1 Å². The molecule has 0 aromatic heterocycles. The second kappa shape index (κ2) is 6.22. The van der Waals surface area contributed by atoms with Gasteiger partial charge in [0.25, 0.3) is 0 Å². The van der Waals surface area contributed by atoms with Gasteiger partial charge in [0, 0.05) is 0 Å². The van der Waals surface area contributed by atoms with Crippen molar-refractivity contribution in [2.45, 2.75) is 51.0 Å². The topological polar surface area (TPSA) is 63.3 Å². The van der Waals surface area contributed by atoms with Crippen LogP contribution in [-0.2, 0) is 4.79 Å². The molecule has 17 heavy (non-hydrogen) atoms. The maximum Gasteiger partial charge on any atom is 0.320 e. The Morgan fingerprint density at radius 3 is 2.71 bits per heavy atom. The van der Waals surface area contributed by atoms with Gasteiger partial charge >= 0.3 is 5.97 Å². The number of hydrogen-bond acceptors (Lipinski definition) is 2. The fourth-order valence-corrected chi connectivity index (χ4v) is 2.61. The third-order valence-electron chi connectivity index (χ3n) is 3.55. The van der Waals surface area contributed by atoms with Gasteiger partial charge in [0.1, 0.15) is 6.04 Å². The van der Waals surface area contributed by atoms with Crippen LogP contribution >= 0.6 is 12.4 Å². The number of nitrogens with two attached hydrogens (primary N) is 1. The number of rotatable bonds is 3. The van der Waals surface area contributed by atoms with Crippen LogP contribution in [0.3, 0.4) is 0 Å².